The Labute approximate surface area is 129 Å². The molecule has 3 rings (SSSR count). The highest BCUT2D eigenvalue weighted by Gasteiger charge is 2.15. The zero-order chi connectivity index (χ0) is 15.4. The summed E-state index contributed by atoms with van der Waals surface area (Å²) in [6, 6.07) is 19.5. The zero-order valence-corrected chi connectivity index (χ0v) is 12.5. The van der Waals surface area contributed by atoms with Gasteiger partial charge in [0.2, 0.25) is 0 Å². The van der Waals surface area contributed by atoms with Crippen LogP contribution in [0.1, 0.15) is 25.1 Å². The summed E-state index contributed by atoms with van der Waals surface area (Å²) in [5.41, 5.74) is 9.36. The summed E-state index contributed by atoms with van der Waals surface area (Å²) >= 11 is 0. The molecule has 1 atom stereocenters. The fourth-order valence-corrected chi connectivity index (χ4v) is 2.33. The molecular formula is C18H19N3O. The number of nitrogen functional groups attached to an aromatic ring is 1. The highest BCUT2D eigenvalue weighted by Crippen LogP contribution is 2.26. The van der Waals surface area contributed by atoms with Gasteiger partial charge < -0.3 is 10.5 Å². The first-order valence-electron chi connectivity index (χ1n) is 7.39. The molecule has 0 amide bonds. The molecule has 0 saturated heterocycles. The molecule has 0 aliphatic rings. The smallest absolute Gasteiger partial charge is 0.140 e. The van der Waals surface area contributed by atoms with E-state index in [0.717, 1.165) is 34.8 Å². The van der Waals surface area contributed by atoms with Gasteiger partial charge in [0.05, 0.1) is 11.4 Å². The predicted octanol–water partition coefficient (Wildman–Crippen LogP) is 4.19. The molecule has 4 nitrogen and oxygen atoms in total. The highest BCUT2D eigenvalue weighted by atomic mass is 16.5. The van der Waals surface area contributed by atoms with Crippen molar-refractivity contribution in [3.8, 4) is 17.0 Å². The van der Waals surface area contributed by atoms with Crippen LogP contribution in [0.5, 0.6) is 5.75 Å². The quantitative estimate of drug-likeness (QED) is 0.693. The molecule has 0 spiro atoms. The van der Waals surface area contributed by atoms with Gasteiger partial charge in [-0.3, -0.25) is 5.10 Å². The van der Waals surface area contributed by atoms with Crippen LogP contribution in [0.25, 0.3) is 11.3 Å². The van der Waals surface area contributed by atoms with E-state index in [4.69, 9.17) is 10.5 Å². The number of anilines is 1. The van der Waals surface area contributed by atoms with Crippen LogP contribution in [0.3, 0.4) is 0 Å². The molecule has 0 fully saturated rings. The van der Waals surface area contributed by atoms with Crippen molar-refractivity contribution in [3.63, 3.8) is 0 Å². The van der Waals surface area contributed by atoms with Gasteiger partial charge in [0.25, 0.3) is 0 Å². The monoisotopic (exact) mass is 293 g/mol. The van der Waals surface area contributed by atoms with E-state index in [1.165, 1.54) is 0 Å². The lowest BCUT2D eigenvalue weighted by molar-refractivity contribution is 0.196. The Bertz CT molecular complexity index is 720. The number of ether oxygens (including phenoxy) is 1. The van der Waals surface area contributed by atoms with Gasteiger partial charge in [0, 0.05) is 11.3 Å². The van der Waals surface area contributed by atoms with Crippen molar-refractivity contribution >= 4 is 5.69 Å². The summed E-state index contributed by atoms with van der Waals surface area (Å²) < 4.78 is 6.03. The van der Waals surface area contributed by atoms with Crippen LogP contribution < -0.4 is 10.5 Å². The molecule has 0 bridgehead atoms. The van der Waals surface area contributed by atoms with E-state index in [1.54, 1.807) is 0 Å². The standard InChI is InChI=1S/C18H19N3O/c1-2-18(22-15-6-4-3-5-7-15)17-12-16(20-21-17)13-8-10-14(19)11-9-13/h3-12,18H,2,19H2,1H3,(H,20,21). The molecule has 4 heteroatoms. The molecule has 3 aromatic rings. The topological polar surface area (TPSA) is 63.9 Å². The average Bonchev–Trinajstić information content (AvgIpc) is 3.04. The number of aromatic nitrogens is 2. The third kappa shape index (κ3) is 3.11. The van der Waals surface area contributed by atoms with E-state index in [9.17, 15) is 0 Å². The third-order valence-corrected chi connectivity index (χ3v) is 3.54. The minimum Gasteiger partial charge on any atom is -0.484 e. The fraction of sp³-hybridized carbons (Fsp3) is 0.167. The van der Waals surface area contributed by atoms with Crippen molar-refractivity contribution in [2.45, 2.75) is 19.4 Å². The highest BCUT2D eigenvalue weighted by molar-refractivity contribution is 5.62. The molecular weight excluding hydrogens is 274 g/mol. The second-order valence-electron chi connectivity index (χ2n) is 5.16. The van der Waals surface area contributed by atoms with Crippen LogP contribution in [-0.2, 0) is 0 Å². The largest absolute Gasteiger partial charge is 0.484 e. The number of H-pyrrole nitrogens is 1. The second-order valence-corrected chi connectivity index (χ2v) is 5.16. The summed E-state index contributed by atoms with van der Waals surface area (Å²) in [5.74, 6) is 0.859. The number of para-hydroxylation sites is 1. The summed E-state index contributed by atoms with van der Waals surface area (Å²) in [5, 5.41) is 7.46. The lowest BCUT2D eigenvalue weighted by Gasteiger charge is -2.15. The maximum atomic E-state index is 6.03. The second kappa shape index (κ2) is 6.35. The first-order valence-corrected chi connectivity index (χ1v) is 7.39. The minimum absolute atomic E-state index is 0.0440. The van der Waals surface area contributed by atoms with Crippen LogP contribution in [0.4, 0.5) is 5.69 Å². The van der Waals surface area contributed by atoms with E-state index in [1.807, 2.05) is 60.7 Å². The van der Waals surface area contributed by atoms with E-state index >= 15 is 0 Å². The van der Waals surface area contributed by atoms with Gasteiger partial charge in [-0.1, -0.05) is 37.3 Å². The molecule has 0 radical (unpaired) electrons. The zero-order valence-electron chi connectivity index (χ0n) is 12.5. The predicted molar refractivity (Wildman–Crippen MR) is 88.5 cm³/mol. The number of nitrogens with two attached hydrogens (primary N) is 1. The summed E-state index contributed by atoms with van der Waals surface area (Å²) in [6.45, 7) is 2.09. The van der Waals surface area contributed by atoms with Crippen molar-refractivity contribution in [2.24, 2.45) is 0 Å². The molecule has 1 aromatic heterocycles. The number of hydrogen-bond acceptors (Lipinski definition) is 3. The summed E-state index contributed by atoms with van der Waals surface area (Å²) in [4.78, 5) is 0. The van der Waals surface area contributed by atoms with Gasteiger partial charge in [-0.15, -0.1) is 0 Å². The maximum absolute atomic E-state index is 6.03. The first-order chi connectivity index (χ1) is 10.8. The van der Waals surface area contributed by atoms with Gasteiger partial charge in [-0.25, -0.2) is 0 Å². The first kappa shape index (κ1) is 14.2. The normalized spacial score (nSPS) is 12.0. The van der Waals surface area contributed by atoms with Gasteiger partial charge in [0.15, 0.2) is 0 Å². The number of hydrogen-bond donors (Lipinski definition) is 2. The molecule has 0 saturated carbocycles. The summed E-state index contributed by atoms with van der Waals surface area (Å²) in [6.07, 6.45) is 0.815. The molecule has 112 valence electrons. The maximum Gasteiger partial charge on any atom is 0.140 e. The van der Waals surface area contributed by atoms with Crippen LogP contribution in [0.2, 0.25) is 0 Å². The minimum atomic E-state index is -0.0440. The van der Waals surface area contributed by atoms with Gasteiger partial charge >= 0.3 is 0 Å². The average molecular weight is 293 g/mol. The van der Waals surface area contributed by atoms with Crippen LogP contribution >= 0.6 is 0 Å². The van der Waals surface area contributed by atoms with Crippen LogP contribution in [0.15, 0.2) is 60.7 Å². The molecule has 2 aromatic carbocycles. The van der Waals surface area contributed by atoms with Crippen molar-refractivity contribution in [1.29, 1.82) is 0 Å². The number of rotatable bonds is 5. The Morgan fingerprint density at radius 1 is 1.09 bits per heavy atom. The number of aromatic amines is 1. The lowest BCUT2D eigenvalue weighted by atomic mass is 10.1. The molecule has 22 heavy (non-hydrogen) atoms. The Balaban J connectivity index is 1.80. The van der Waals surface area contributed by atoms with Crippen molar-refractivity contribution in [1.82, 2.24) is 10.2 Å². The van der Waals surface area contributed by atoms with Crippen molar-refractivity contribution < 1.29 is 4.74 Å². The third-order valence-electron chi connectivity index (χ3n) is 3.54. The van der Waals surface area contributed by atoms with E-state index in [2.05, 4.69) is 17.1 Å². The van der Waals surface area contributed by atoms with Gasteiger partial charge in [0.1, 0.15) is 11.9 Å². The van der Waals surface area contributed by atoms with E-state index in [-0.39, 0.29) is 6.10 Å². The Hall–Kier alpha value is -2.75. The number of nitrogens with zero attached hydrogens (tertiary/aromatic N) is 1. The SMILES string of the molecule is CCC(Oc1ccccc1)c1cc(-c2ccc(N)cc2)n[nH]1. The van der Waals surface area contributed by atoms with Crippen molar-refractivity contribution in [3.05, 3.63) is 66.4 Å². The Morgan fingerprint density at radius 3 is 2.50 bits per heavy atom. The van der Waals surface area contributed by atoms with Gasteiger partial charge in [-0.05, 0) is 36.8 Å². The van der Waals surface area contributed by atoms with Gasteiger partial charge in [-0.2, -0.15) is 5.10 Å². The fourth-order valence-electron chi connectivity index (χ4n) is 2.33. The Morgan fingerprint density at radius 2 is 1.82 bits per heavy atom. The molecule has 1 heterocycles. The van der Waals surface area contributed by atoms with Crippen LogP contribution in [-0.4, -0.2) is 10.2 Å². The molecule has 1 unspecified atom stereocenters. The number of nitrogens with one attached hydrogen (secondary N) is 1. The Kier molecular flexibility index (Phi) is 4.10. The molecule has 0 aliphatic carbocycles. The molecule has 0 aliphatic heterocycles. The molecule has 3 N–H and O–H groups in total. The van der Waals surface area contributed by atoms with Crippen LogP contribution in [0, 0.1) is 0 Å². The summed E-state index contributed by atoms with van der Waals surface area (Å²) in [7, 11) is 0. The van der Waals surface area contributed by atoms with E-state index < -0.39 is 0 Å². The van der Waals surface area contributed by atoms with E-state index in [0.29, 0.717) is 0 Å². The lowest BCUT2D eigenvalue weighted by Crippen LogP contribution is -2.06. The number of benzene rings is 2. The van der Waals surface area contributed by atoms with Crippen molar-refractivity contribution in [2.75, 3.05) is 5.73 Å².